The number of pyridine rings is 1. The predicted octanol–water partition coefficient (Wildman–Crippen LogP) is 4.47. The molecule has 0 unspecified atom stereocenters. The van der Waals surface area contributed by atoms with E-state index in [9.17, 15) is 8.42 Å². The van der Waals surface area contributed by atoms with E-state index in [2.05, 4.69) is 4.98 Å². The smallest absolute Gasteiger partial charge is 0.264 e. The number of benzene rings is 2. The van der Waals surface area contributed by atoms with E-state index in [1.165, 1.54) is 6.07 Å². The van der Waals surface area contributed by atoms with Crippen molar-refractivity contribution >= 4 is 43.0 Å². The Labute approximate surface area is 151 Å². The fourth-order valence-electron chi connectivity index (χ4n) is 2.44. The molecule has 0 atom stereocenters. The van der Waals surface area contributed by atoms with Gasteiger partial charge in [-0.25, -0.2) is 8.42 Å². The Morgan fingerprint density at radius 2 is 1.75 bits per heavy atom. The van der Waals surface area contributed by atoms with Gasteiger partial charge in [-0.3, -0.25) is 4.98 Å². The monoisotopic (exact) mass is 383 g/mol. The van der Waals surface area contributed by atoms with E-state index >= 15 is 0 Å². The summed E-state index contributed by atoms with van der Waals surface area (Å²) in [5, 5.41) is 0.976. The largest absolute Gasteiger partial charge is 0.487 e. The van der Waals surface area contributed by atoms with Crippen LogP contribution in [-0.4, -0.2) is 13.4 Å². The first kappa shape index (κ1) is 18.5. The average Bonchev–Trinajstić information content (AvgIpc) is 2.52. The molecule has 4 nitrogen and oxygen atoms in total. The van der Waals surface area contributed by atoms with Gasteiger partial charge in [0, 0.05) is 27.3 Å². The number of nitrogens with zero attached hydrogens (tertiary/aromatic N) is 1. The molecule has 0 amide bonds. The van der Waals surface area contributed by atoms with Crippen molar-refractivity contribution < 1.29 is 13.2 Å². The van der Waals surface area contributed by atoms with Crippen LogP contribution in [0.4, 0.5) is 0 Å². The molecule has 3 aromatic rings. The summed E-state index contributed by atoms with van der Waals surface area (Å²) in [6.07, 6.45) is 0. The van der Waals surface area contributed by atoms with Crippen molar-refractivity contribution in [2.75, 3.05) is 0 Å². The summed E-state index contributed by atoms with van der Waals surface area (Å²) in [5.41, 5.74) is 2.69. The molecule has 0 aliphatic carbocycles. The van der Waals surface area contributed by atoms with Crippen molar-refractivity contribution in [1.29, 1.82) is 0 Å². The first-order chi connectivity index (χ1) is 10.9. The summed E-state index contributed by atoms with van der Waals surface area (Å²) in [7, 11) is 1.59. The van der Waals surface area contributed by atoms with Gasteiger partial charge in [0.25, 0.3) is 9.05 Å². The van der Waals surface area contributed by atoms with Gasteiger partial charge >= 0.3 is 0 Å². The van der Waals surface area contributed by atoms with Gasteiger partial charge in [-0.05, 0) is 31.2 Å². The van der Waals surface area contributed by atoms with Crippen LogP contribution < -0.4 is 4.74 Å². The molecule has 1 aromatic heterocycles. The van der Waals surface area contributed by atoms with Gasteiger partial charge in [-0.15, -0.1) is 12.4 Å². The lowest BCUT2D eigenvalue weighted by Crippen LogP contribution is -2.02. The number of halogens is 2. The number of fused-ring (bicyclic) bond motifs is 1. The molecule has 0 saturated heterocycles. The highest BCUT2D eigenvalue weighted by Crippen LogP contribution is 2.28. The predicted molar refractivity (Wildman–Crippen MR) is 97.5 cm³/mol. The fourth-order valence-corrected chi connectivity index (χ4v) is 3.43. The molecule has 1 heterocycles. The molecule has 0 spiro atoms. The maximum absolute atomic E-state index is 11.6. The zero-order valence-corrected chi connectivity index (χ0v) is 15.2. The zero-order chi connectivity index (χ0) is 16.4. The summed E-state index contributed by atoms with van der Waals surface area (Å²) < 4.78 is 28.9. The standard InChI is InChI=1S/C17H14ClNO3S.ClH/c1-12-10-13(14-6-2-3-7-15(14)19-12)11-22-16-8-4-5-9-17(16)23(18,20)21;/h2-10H,11H2,1H3;1H. The normalized spacial score (nSPS) is 11.1. The Bertz CT molecular complexity index is 974. The minimum absolute atomic E-state index is 0. The Hall–Kier alpha value is -1.82. The lowest BCUT2D eigenvalue weighted by atomic mass is 10.1. The first-order valence-corrected chi connectivity index (χ1v) is 9.28. The van der Waals surface area contributed by atoms with Crippen molar-refractivity contribution in [2.24, 2.45) is 0 Å². The molecule has 24 heavy (non-hydrogen) atoms. The van der Waals surface area contributed by atoms with Crippen LogP contribution in [0.2, 0.25) is 0 Å². The van der Waals surface area contributed by atoms with E-state index in [4.69, 9.17) is 15.4 Å². The van der Waals surface area contributed by atoms with Crippen LogP contribution in [0.15, 0.2) is 59.5 Å². The second-order valence-corrected chi connectivity index (χ2v) is 7.65. The number of aryl methyl sites for hydroxylation is 1. The zero-order valence-electron chi connectivity index (χ0n) is 12.8. The van der Waals surface area contributed by atoms with Crippen LogP contribution in [-0.2, 0) is 15.7 Å². The molecular weight excluding hydrogens is 369 g/mol. The maximum Gasteiger partial charge on any atom is 0.264 e. The van der Waals surface area contributed by atoms with E-state index in [-0.39, 0.29) is 29.7 Å². The summed E-state index contributed by atoms with van der Waals surface area (Å²) >= 11 is 0. The summed E-state index contributed by atoms with van der Waals surface area (Å²) in [6, 6.07) is 16.0. The van der Waals surface area contributed by atoms with E-state index in [0.29, 0.717) is 0 Å². The van der Waals surface area contributed by atoms with E-state index < -0.39 is 9.05 Å². The number of aromatic nitrogens is 1. The maximum atomic E-state index is 11.6. The van der Waals surface area contributed by atoms with Gasteiger partial charge in [0.1, 0.15) is 17.3 Å². The van der Waals surface area contributed by atoms with Gasteiger partial charge in [0.05, 0.1) is 5.52 Å². The van der Waals surface area contributed by atoms with Gasteiger partial charge in [0.15, 0.2) is 0 Å². The molecule has 0 fully saturated rings. The molecule has 0 radical (unpaired) electrons. The Morgan fingerprint density at radius 3 is 2.50 bits per heavy atom. The van der Waals surface area contributed by atoms with Gasteiger partial charge in [-0.2, -0.15) is 0 Å². The molecule has 0 aliphatic rings. The molecule has 3 rings (SSSR count). The number of ether oxygens (including phenoxy) is 1. The number of para-hydroxylation sites is 2. The quantitative estimate of drug-likeness (QED) is 0.623. The summed E-state index contributed by atoms with van der Waals surface area (Å²) in [4.78, 5) is 4.44. The molecule has 0 N–H and O–H groups in total. The third-order valence-corrected chi connectivity index (χ3v) is 4.79. The number of hydrogen-bond donors (Lipinski definition) is 0. The summed E-state index contributed by atoms with van der Waals surface area (Å²) in [6.45, 7) is 2.14. The van der Waals surface area contributed by atoms with Crippen LogP contribution in [0.3, 0.4) is 0 Å². The molecule has 0 aliphatic heterocycles. The van der Waals surface area contributed by atoms with Gasteiger partial charge in [0.2, 0.25) is 0 Å². The Morgan fingerprint density at radius 1 is 1.08 bits per heavy atom. The minimum atomic E-state index is -3.85. The second kappa shape index (κ2) is 7.38. The highest BCUT2D eigenvalue weighted by atomic mass is 35.7. The lowest BCUT2D eigenvalue weighted by Gasteiger charge is -2.12. The highest BCUT2D eigenvalue weighted by Gasteiger charge is 2.16. The number of rotatable bonds is 4. The van der Waals surface area contributed by atoms with Crippen LogP contribution in [0.25, 0.3) is 10.9 Å². The Kier molecular flexibility index (Phi) is 5.70. The number of hydrogen-bond acceptors (Lipinski definition) is 4. The highest BCUT2D eigenvalue weighted by molar-refractivity contribution is 8.13. The topological polar surface area (TPSA) is 56.3 Å². The Balaban J connectivity index is 0.00000208. The first-order valence-electron chi connectivity index (χ1n) is 6.97. The van der Waals surface area contributed by atoms with E-state index in [0.717, 1.165) is 22.2 Å². The SMILES string of the molecule is Cc1cc(COc2ccccc2S(=O)(=O)Cl)c2ccccc2n1.Cl. The molecule has 2 aromatic carbocycles. The van der Waals surface area contributed by atoms with Crippen molar-refractivity contribution in [2.45, 2.75) is 18.4 Å². The minimum Gasteiger partial charge on any atom is -0.487 e. The van der Waals surface area contributed by atoms with Gasteiger partial charge < -0.3 is 4.74 Å². The fraction of sp³-hybridized carbons (Fsp3) is 0.118. The van der Waals surface area contributed by atoms with E-state index in [1.54, 1.807) is 18.2 Å². The lowest BCUT2D eigenvalue weighted by molar-refractivity contribution is 0.299. The van der Waals surface area contributed by atoms with Crippen LogP contribution in [0.1, 0.15) is 11.3 Å². The average molecular weight is 384 g/mol. The summed E-state index contributed by atoms with van der Waals surface area (Å²) in [5.74, 6) is 0.237. The van der Waals surface area contributed by atoms with Crippen molar-refractivity contribution in [3.63, 3.8) is 0 Å². The van der Waals surface area contributed by atoms with Crippen LogP contribution in [0, 0.1) is 6.92 Å². The molecule has 0 bridgehead atoms. The third kappa shape index (κ3) is 3.98. The molecule has 126 valence electrons. The molecular formula is C17H15Cl2NO3S. The molecule has 7 heteroatoms. The van der Waals surface area contributed by atoms with E-state index in [1.807, 2.05) is 37.3 Å². The van der Waals surface area contributed by atoms with Crippen LogP contribution >= 0.6 is 23.1 Å². The third-order valence-electron chi connectivity index (χ3n) is 3.42. The van der Waals surface area contributed by atoms with Crippen molar-refractivity contribution in [3.8, 4) is 5.75 Å². The van der Waals surface area contributed by atoms with Gasteiger partial charge in [-0.1, -0.05) is 30.3 Å². The molecule has 0 saturated carbocycles. The van der Waals surface area contributed by atoms with Crippen LogP contribution in [0.5, 0.6) is 5.75 Å². The van der Waals surface area contributed by atoms with Crippen molar-refractivity contribution in [1.82, 2.24) is 4.98 Å². The second-order valence-electron chi connectivity index (χ2n) is 5.11. The van der Waals surface area contributed by atoms with Crippen molar-refractivity contribution in [3.05, 3.63) is 65.9 Å².